The van der Waals surface area contributed by atoms with E-state index in [1.807, 2.05) is 64.1 Å². The maximum atomic E-state index is 13.3. The number of carbonyl (C=O) groups excluding carboxylic acids is 1. The van der Waals surface area contributed by atoms with Crippen LogP contribution in [0, 0.1) is 0 Å². The molecule has 1 atom stereocenters. The zero-order valence-electron chi connectivity index (χ0n) is 21.9. The summed E-state index contributed by atoms with van der Waals surface area (Å²) in [7, 11) is 1.59. The Morgan fingerprint density at radius 2 is 2.05 bits per heavy atom. The van der Waals surface area contributed by atoms with E-state index < -0.39 is 12.0 Å². The second-order valence-electron chi connectivity index (χ2n) is 8.95. The number of hydrogen-bond acceptors (Lipinski definition) is 8. The summed E-state index contributed by atoms with van der Waals surface area (Å²) >= 11 is 11.4. The van der Waals surface area contributed by atoms with E-state index in [9.17, 15) is 4.79 Å². The van der Waals surface area contributed by atoms with Crippen LogP contribution < -0.4 is 14.8 Å². The Bertz CT molecular complexity index is 1360. The Hall–Kier alpha value is -2.69. The van der Waals surface area contributed by atoms with E-state index in [1.165, 1.54) is 11.8 Å². The maximum Gasteiger partial charge on any atom is 0.338 e. The van der Waals surface area contributed by atoms with Gasteiger partial charge in [0.25, 0.3) is 0 Å². The summed E-state index contributed by atoms with van der Waals surface area (Å²) in [5.41, 5.74) is 2.84. The summed E-state index contributed by atoms with van der Waals surface area (Å²) < 4.78 is 19.6. The highest BCUT2D eigenvalue weighted by Gasteiger charge is 2.36. The van der Waals surface area contributed by atoms with Gasteiger partial charge in [-0.05, 0) is 72.4 Å². The summed E-state index contributed by atoms with van der Waals surface area (Å²) in [6, 6.07) is 10.9. The van der Waals surface area contributed by atoms with Crippen molar-refractivity contribution in [2.24, 2.45) is 0 Å². The van der Waals surface area contributed by atoms with Crippen LogP contribution in [0.25, 0.3) is 0 Å². The number of rotatable bonds is 10. The third kappa shape index (κ3) is 6.13. The molecule has 0 spiro atoms. The molecule has 8 nitrogen and oxygen atoms in total. The molecule has 2 heterocycles. The molecule has 1 aliphatic rings. The van der Waals surface area contributed by atoms with Crippen molar-refractivity contribution in [3.05, 3.63) is 68.3 Å². The Kier molecular flexibility index (Phi) is 9.27. The van der Waals surface area contributed by atoms with E-state index in [-0.39, 0.29) is 6.10 Å². The molecule has 1 aromatic heterocycles. The first-order valence-corrected chi connectivity index (χ1v) is 14.4. The molecular formula is C27H30BrClN4O4S. The lowest BCUT2D eigenvalue weighted by atomic mass is 9.95. The van der Waals surface area contributed by atoms with Gasteiger partial charge < -0.3 is 19.5 Å². The summed E-state index contributed by atoms with van der Waals surface area (Å²) in [4.78, 5) is 18.1. The summed E-state index contributed by atoms with van der Waals surface area (Å²) in [6.07, 6.45) is 0.573. The SMILES string of the molecule is CCCOc1c(Br)cc(C2C(C(=O)OC(C)C)=C(C)Nc3nc(SCc4ccccc4Cl)nn32)cc1OC. The molecule has 4 rings (SSSR count). The highest BCUT2D eigenvalue weighted by atomic mass is 79.9. The van der Waals surface area contributed by atoms with Crippen LogP contribution in [0.1, 0.15) is 51.3 Å². The minimum Gasteiger partial charge on any atom is -0.493 e. The lowest BCUT2D eigenvalue weighted by Crippen LogP contribution is -2.30. The number of ether oxygens (including phenoxy) is 3. The number of allylic oxidation sites excluding steroid dienone is 1. The van der Waals surface area contributed by atoms with Crippen LogP contribution in [0.4, 0.5) is 5.95 Å². The number of aromatic nitrogens is 3. The third-order valence-electron chi connectivity index (χ3n) is 5.73. The van der Waals surface area contributed by atoms with Gasteiger partial charge in [-0.3, -0.25) is 0 Å². The predicted octanol–water partition coefficient (Wildman–Crippen LogP) is 7.02. The number of nitrogens with zero attached hydrogens (tertiary/aromatic N) is 3. The van der Waals surface area contributed by atoms with Crippen LogP contribution in [0.2, 0.25) is 5.02 Å². The smallest absolute Gasteiger partial charge is 0.338 e. The number of anilines is 1. The van der Waals surface area contributed by atoms with Crippen molar-refractivity contribution in [3.63, 3.8) is 0 Å². The third-order valence-corrected chi connectivity index (χ3v) is 7.57. The standard InChI is InChI=1S/C27H30BrClN4O4S/c1-6-11-36-24-19(28)12-18(13-21(24)35-5)23-22(25(34)37-15(2)3)16(4)30-26-31-27(32-33(23)26)38-14-17-9-7-8-10-20(17)29/h7-10,12-13,15,23H,6,11,14H2,1-5H3,(H,30,31,32). The summed E-state index contributed by atoms with van der Waals surface area (Å²) in [5, 5.41) is 9.27. The van der Waals surface area contributed by atoms with Crippen LogP contribution in [-0.4, -0.2) is 40.6 Å². The van der Waals surface area contributed by atoms with Gasteiger partial charge in [-0.15, -0.1) is 5.10 Å². The second-order valence-corrected chi connectivity index (χ2v) is 11.1. The van der Waals surface area contributed by atoms with Crippen molar-refractivity contribution >= 4 is 51.2 Å². The number of esters is 1. The van der Waals surface area contributed by atoms with E-state index in [0.717, 1.165) is 17.5 Å². The van der Waals surface area contributed by atoms with Gasteiger partial charge in [0.2, 0.25) is 11.1 Å². The van der Waals surface area contributed by atoms with Gasteiger partial charge in [0.05, 0.1) is 29.9 Å². The van der Waals surface area contributed by atoms with Gasteiger partial charge in [0.15, 0.2) is 11.5 Å². The monoisotopic (exact) mass is 620 g/mol. The molecule has 0 radical (unpaired) electrons. The van der Waals surface area contributed by atoms with E-state index in [4.69, 9.17) is 35.9 Å². The van der Waals surface area contributed by atoms with Crippen molar-refractivity contribution in [2.45, 2.75) is 57.2 Å². The minimum atomic E-state index is -0.606. The van der Waals surface area contributed by atoms with Gasteiger partial charge in [-0.25, -0.2) is 9.48 Å². The number of methoxy groups -OCH3 is 1. The molecule has 11 heteroatoms. The van der Waals surface area contributed by atoms with E-state index in [0.29, 0.717) is 55.7 Å². The van der Waals surface area contributed by atoms with Crippen molar-refractivity contribution in [1.29, 1.82) is 0 Å². The number of fused-ring (bicyclic) bond motifs is 1. The molecule has 1 unspecified atom stereocenters. The van der Waals surface area contributed by atoms with Crippen molar-refractivity contribution in [3.8, 4) is 11.5 Å². The zero-order chi connectivity index (χ0) is 27.4. The molecule has 2 aromatic carbocycles. The fourth-order valence-electron chi connectivity index (χ4n) is 4.04. The molecule has 0 fully saturated rings. The first-order valence-electron chi connectivity index (χ1n) is 12.2. The van der Waals surface area contributed by atoms with Gasteiger partial charge in [-0.1, -0.05) is 48.5 Å². The molecule has 0 bridgehead atoms. The Morgan fingerprint density at radius 3 is 2.74 bits per heavy atom. The van der Waals surface area contributed by atoms with E-state index >= 15 is 0 Å². The van der Waals surface area contributed by atoms with E-state index in [2.05, 4.69) is 21.2 Å². The lowest BCUT2D eigenvalue weighted by Gasteiger charge is -2.29. The second kappa shape index (κ2) is 12.4. The first kappa shape index (κ1) is 28.3. The number of halogens is 2. The van der Waals surface area contributed by atoms with Crippen molar-refractivity contribution < 1.29 is 19.0 Å². The van der Waals surface area contributed by atoms with Crippen molar-refractivity contribution in [1.82, 2.24) is 14.8 Å². The average molecular weight is 622 g/mol. The van der Waals surface area contributed by atoms with Gasteiger partial charge in [0, 0.05) is 16.5 Å². The van der Waals surface area contributed by atoms with Crippen LogP contribution >= 0.6 is 39.3 Å². The average Bonchev–Trinajstić information content (AvgIpc) is 3.28. The molecular weight excluding hydrogens is 592 g/mol. The normalized spacial score (nSPS) is 14.8. The number of hydrogen-bond donors (Lipinski definition) is 1. The zero-order valence-corrected chi connectivity index (χ0v) is 25.0. The number of benzene rings is 2. The number of thioether (sulfide) groups is 1. The molecule has 1 aliphatic heterocycles. The number of nitrogens with one attached hydrogen (secondary N) is 1. The minimum absolute atomic E-state index is 0.284. The first-order chi connectivity index (χ1) is 18.2. The molecule has 0 saturated carbocycles. The van der Waals surface area contributed by atoms with Crippen molar-refractivity contribution in [2.75, 3.05) is 19.0 Å². The van der Waals surface area contributed by atoms with Crippen LogP contribution in [0.15, 0.2) is 57.3 Å². The Balaban J connectivity index is 1.77. The highest BCUT2D eigenvalue weighted by Crippen LogP contribution is 2.43. The maximum absolute atomic E-state index is 13.3. The molecule has 3 aromatic rings. The van der Waals surface area contributed by atoms with Crippen LogP contribution in [0.5, 0.6) is 11.5 Å². The topological polar surface area (TPSA) is 87.5 Å². The largest absolute Gasteiger partial charge is 0.493 e. The molecule has 0 amide bonds. The Morgan fingerprint density at radius 1 is 1.29 bits per heavy atom. The van der Waals surface area contributed by atoms with E-state index in [1.54, 1.807) is 11.8 Å². The molecule has 38 heavy (non-hydrogen) atoms. The predicted molar refractivity (Wildman–Crippen MR) is 153 cm³/mol. The quantitative estimate of drug-likeness (QED) is 0.191. The Labute approximate surface area is 240 Å². The van der Waals surface area contributed by atoms with Gasteiger partial charge >= 0.3 is 5.97 Å². The highest BCUT2D eigenvalue weighted by molar-refractivity contribution is 9.10. The molecule has 0 aliphatic carbocycles. The molecule has 0 saturated heterocycles. The van der Waals surface area contributed by atoms with Gasteiger partial charge in [-0.2, -0.15) is 4.98 Å². The fraction of sp³-hybridized carbons (Fsp3) is 0.370. The van der Waals surface area contributed by atoms with Gasteiger partial charge in [0.1, 0.15) is 6.04 Å². The summed E-state index contributed by atoms with van der Waals surface area (Å²) in [6.45, 7) is 8.07. The van der Waals surface area contributed by atoms with Crippen LogP contribution in [0.3, 0.4) is 0 Å². The lowest BCUT2D eigenvalue weighted by molar-refractivity contribution is -0.143. The number of carbonyl (C=O) groups is 1. The molecule has 202 valence electrons. The summed E-state index contributed by atoms with van der Waals surface area (Å²) in [5.74, 6) is 1.85. The molecule has 1 N–H and O–H groups in total. The fourth-order valence-corrected chi connectivity index (χ4v) is 5.73. The van der Waals surface area contributed by atoms with Crippen LogP contribution in [-0.2, 0) is 15.3 Å².